The summed E-state index contributed by atoms with van der Waals surface area (Å²) in [4.78, 5) is 11.1. The van der Waals surface area contributed by atoms with Gasteiger partial charge in [-0.25, -0.2) is 0 Å². The van der Waals surface area contributed by atoms with Crippen molar-refractivity contribution in [1.29, 1.82) is 0 Å². The smallest absolute Gasteiger partial charge is 0.306 e. The summed E-state index contributed by atoms with van der Waals surface area (Å²) in [6.07, 6.45) is -0.0240. The van der Waals surface area contributed by atoms with Crippen LogP contribution in [0.25, 0.3) is 0 Å². The Labute approximate surface area is 124 Å². The maximum absolute atomic E-state index is 12.5. The molecule has 1 N–H and O–H groups in total. The Kier molecular flexibility index (Phi) is 5.98. The molecule has 0 aliphatic heterocycles. The lowest BCUT2D eigenvalue weighted by atomic mass is 10.3. The van der Waals surface area contributed by atoms with E-state index in [0.717, 1.165) is 8.61 Å². The molecule has 1 aromatic rings. The molecule has 0 aromatic heterocycles. The first-order valence-electron chi connectivity index (χ1n) is 6.42. The van der Waals surface area contributed by atoms with Crippen LogP contribution >= 0.6 is 0 Å². The molecule has 1 aromatic carbocycles. The number of methoxy groups -OCH3 is 1. The minimum Gasteiger partial charge on any atom is -0.508 e. The van der Waals surface area contributed by atoms with E-state index in [4.69, 9.17) is 0 Å². The Morgan fingerprint density at radius 3 is 2.57 bits per heavy atom. The summed E-state index contributed by atoms with van der Waals surface area (Å²) in [6.45, 7) is 1.91. The summed E-state index contributed by atoms with van der Waals surface area (Å²) in [6, 6.07) is 5.99. The Bertz CT molecular complexity index is 588. The Morgan fingerprint density at radius 2 is 2.05 bits per heavy atom. The summed E-state index contributed by atoms with van der Waals surface area (Å²) in [5.74, 6) is -0.490. The Hall–Kier alpha value is -1.80. The highest BCUT2D eigenvalue weighted by atomic mass is 32.2. The molecular formula is C13H20N2O5S. The number of hydrogen-bond acceptors (Lipinski definition) is 5. The van der Waals surface area contributed by atoms with E-state index in [0.29, 0.717) is 5.69 Å². The number of aromatic hydroxyl groups is 1. The first kappa shape index (κ1) is 17.3. The number of hydrogen-bond donors (Lipinski definition) is 1. The van der Waals surface area contributed by atoms with E-state index in [2.05, 4.69) is 4.74 Å². The van der Waals surface area contributed by atoms with Crippen LogP contribution in [-0.4, -0.2) is 51.0 Å². The molecule has 1 rings (SSSR count). The number of phenolic OH excluding ortho intramolecular Hbond substituents is 1. The van der Waals surface area contributed by atoms with E-state index in [-0.39, 0.29) is 25.3 Å². The minimum absolute atomic E-state index is 0.0154. The second-order valence-electron chi connectivity index (χ2n) is 4.34. The third kappa shape index (κ3) is 4.33. The Balaban J connectivity index is 2.94. The van der Waals surface area contributed by atoms with Crippen molar-refractivity contribution in [3.05, 3.63) is 24.3 Å². The van der Waals surface area contributed by atoms with Gasteiger partial charge in [0.05, 0.1) is 19.2 Å². The van der Waals surface area contributed by atoms with E-state index >= 15 is 0 Å². The maximum Gasteiger partial charge on any atom is 0.306 e. The van der Waals surface area contributed by atoms with Crippen LogP contribution in [0.5, 0.6) is 5.75 Å². The number of benzene rings is 1. The molecule has 21 heavy (non-hydrogen) atoms. The molecule has 0 amide bonds. The van der Waals surface area contributed by atoms with Gasteiger partial charge in [-0.05, 0) is 19.1 Å². The fraction of sp³-hybridized carbons (Fsp3) is 0.462. The van der Waals surface area contributed by atoms with Crippen LogP contribution in [0, 0.1) is 0 Å². The zero-order chi connectivity index (χ0) is 16.0. The highest BCUT2D eigenvalue weighted by Crippen LogP contribution is 2.23. The van der Waals surface area contributed by atoms with Crippen LogP contribution in [-0.2, 0) is 19.7 Å². The van der Waals surface area contributed by atoms with Gasteiger partial charge in [0.2, 0.25) is 0 Å². The van der Waals surface area contributed by atoms with Gasteiger partial charge in [-0.1, -0.05) is 6.07 Å². The number of nitrogens with zero attached hydrogens (tertiary/aromatic N) is 2. The van der Waals surface area contributed by atoms with E-state index in [1.54, 1.807) is 19.1 Å². The molecule has 7 nitrogen and oxygen atoms in total. The van der Waals surface area contributed by atoms with Crippen molar-refractivity contribution >= 4 is 21.9 Å². The third-order valence-corrected chi connectivity index (χ3v) is 4.93. The maximum atomic E-state index is 12.5. The molecule has 0 saturated carbocycles. The molecule has 0 heterocycles. The predicted octanol–water partition coefficient (Wildman–Crippen LogP) is 0.958. The standard InChI is InChI=1S/C13H20N2O5S/c1-4-15(11-6-5-7-12(16)10-11)21(18,19)14(2)9-8-13(17)20-3/h5-7,10,16H,4,8-9H2,1-3H3. The summed E-state index contributed by atoms with van der Waals surface area (Å²) in [5, 5.41) is 9.47. The van der Waals surface area contributed by atoms with E-state index in [9.17, 15) is 18.3 Å². The number of phenols is 1. The molecule has 0 radical (unpaired) electrons. The van der Waals surface area contributed by atoms with Gasteiger partial charge in [-0.15, -0.1) is 0 Å². The molecule has 0 aliphatic carbocycles. The van der Waals surface area contributed by atoms with Crippen molar-refractivity contribution in [2.75, 3.05) is 31.6 Å². The lowest BCUT2D eigenvalue weighted by Gasteiger charge is -2.28. The van der Waals surface area contributed by atoms with Crippen LogP contribution in [0.15, 0.2) is 24.3 Å². The molecule has 118 valence electrons. The van der Waals surface area contributed by atoms with Gasteiger partial charge in [0.1, 0.15) is 5.75 Å². The first-order valence-corrected chi connectivity index (χ1v) is 7.82. The minimum atomic E-state index is -3.78. The molecule has 0 unspecified atom stereocenters. The normalized spacial score (nSPS) is 11.4. The van der Waals surface area contributed by atoms with E-state index in [1.807, 2.05) is 0 Å². The lowest BCUT2D eigenvalue weighted by molar-refractivity contribution is -0.140. The number of anilines is 1. The first-order chi connectivity index (χ1) is 9.82. The molecule has 8 heteroatoms. The SMILES string of the molecule is CCN(c1cccc(O)c1)S(=O)(=O)N(C)CCC(=O)OC. The number of carbonyl (C=O) groups is 1. The number of esters is 1. The van der Waals surface area contributed by atoms with Crippen LogP contribution in [0.2, 0.25) is 0 Å². The predicted molar refractivity (Wildman–Crippen MR) is 79.3 cm³/mol. The molecule has 0 bridgehead atoms. The number of carbonyl (C=O) groups excluding carboxylic acids is 1. The monoisotopic (exact) mass is 316 g/mol. The lowest BCUT2D eigenvalue weighted by Crippen LogP contribution is -2.42. The summed E-state index contributed by atoms with van der Waals surface area (Å²) < 4.78 is 31.7. The quantitative estimate of drug-likeness (QED) is 0.757. The van der Waals surface area contributed by atoms with Crippen LogP contribution in [0.1, 0.15) is 13.3 Å². The van der Waals surface area contributed by atoms with Gasteiger partial charge in [-0.3, -0.25) is 9.10 Å². The van der Waals surface area contributed by atoms with Gasteiger partial charge >= 0.3 is 16.2 Å². The zero-order valence-corrected chi connectivity index (χ0v) is 13.1. The van der Waals surface area contributed by atoms with Crippen molar-refractivity contribution in [3.63, 3.8) is 0 Å². The van der Waals surface area contributed by atoms with Gasteiger partial charge in [0.15, 0.2) is 0 Å². The average molecular weight is 316 g/mol. The molecule has 0 aliphatic rings. The largest absolute Gasteiger partial charge is 0.508 e. The van der Waals surface area contributed by atoms with Gasteiger partial charge in [0.25, 0.3) is 0 Å². The molecule has 0 fully saturated rings. The summed E-state index contributed by atoms with van der Waals surface area (Å²) in [5.41, 5.74) is 0.363. The fourth-order valence-electron chi connectivity index (χ4n) is 1.76. The molecule has 0 saturated heterocycles. The zero-order valence-electron chi connectivity index (χ0n) is 12.3. The van der Waals surface area contributed by atoms with Crippen molar-refractivity contribution in [2.24, 2.45) is 0 Å². The van der Waals surface area contributed by atoms with Crippen molar-refractivity contribution < 1.29 is 23.1 Å². The molecule has 0 atom stereocenters. The fourth-order valence-corrected chi connectivity index (χ4v) is 3.13. The highest BCUT2D eigenvalue weighted by Gasteiger charge is 2.26. The van der Waals surface area contributed by atoms with Crippen LogP contribution in [0.4, 0.5) is 5.69 Å². The summed E-state index contributed by atoms with van der Waals surface area (Å²) >= 11 is 0. The highest BCUT2D eigenvalue weighted by molar-refractivity contribution is 7.90. The Morgan fingerprint density at radius 1 is 1.38 bits per heavy atom. The third-order valence-electron chi connectivity index (χ3n) is 2.94. The molecule has 0 spiro atoms. The average Bonchev–Trinajstić information content (AvgIpc) is 2.44. The van der Waals surface area contributed by atoms with E-state index < -0.39 is 16.2 Å². The number of rotatable bonds is 7. The second kappa shape index (κ2) is 7.28. The number of ether oxygens (including phenoxy) is 1. The van der Waals surface area contributed by atoms with Gasteiger partial charge < -0.3 is 9.84 Å². The van der Waals surface area contributed by atoms with Crippen LogP contribution in [0.3, 0.4) is 0 Å². The van der Waals surface area contributed by atoms with Crippen molar-refractivity contribution in [2.45, 2.75) is 13.3 Å². The van der Waals surface area contributed by atoms with Crippen LogP contribution < -0.4 is 4.31 Å². The topological polar surface area (TPSA) is 87.2 Å². The van der Waals surface area contributed by atoms with E-state index in [1.165, 1.54) is 26.3 Å². The van der Waals surface area contributed by atoms with Gasteiger partial charge in [-0.2, -0.15) is 12.7 Å². The van der Waals surface area contributed by atoms with Crippen molar-refractivity contribution in [3.8, 4) is 5.75 Å². The summed E-state index contributed by atoms with van der Waals surface area (Å²) in [7, 11) is -1.13. The van der Waals surface area contributed by atoms with Gasteiger partial charge in [0, 0.05) is 26.2 Å². The molecular weight excluding hydrogens is 296 g/mol. The second-order valence-corrected chi connectivity index (χ2v) is 6.30. The van der Waals surface area contributed by atoms with Crippen molar-refractivity contribution in [1.82, 2.24) is 4.31 Å².